The third kappa shape index (κ3) is 7.76. The van der Waals surface area contributed by atoms with Gasteiger partial charge in [-0.25, -0.2) is 14.0 Å². The second kappa shape index (κ2) is 15.7. The van der Waals surface area contributed by atoms with Gasteiger partial charge in [0.1, 0.15) is 17.2 Å². The minimum absolute atomic E-state index is 0.0647. The zero-order valence-corrected chi connectivity index (χ0v) is 33.0. The molecule has 12 nitrogen and oxygen atoms in total. The Morgan fingerprint density at radius 2 is 1.65 bits per heavy atom. The minimum atomic E-state index is -0.623. The molecule has 0 aromatic heterocycles. The van der Waals surface area contributed by atoms with Gasteiger partial charge in [-0.1, -0.05) is 41.4 Å². The highest BCUT2D eigenvalue weighted by atomic mass is 35.5. The molecule has 3 aromatic rings. The van der Waals surface area contributed by atoms with Crippen LogP contribution in [0.15, 0.2) is 42.5 Å². The molecule has 55 heavy (non-hydrogen) atoms. The Morgan fingerprint density at radius 1 is 0.945 bits per heavy atom. The average Bonchev–Trinajstić information content (AvgIpc) is 3.39. The van der Waals surface area contributed by atoms with Crippen molar-refractivity contribution in [3.05, 3.63) is 75.0 Å². The van der Waals surface area contributed by atoms with Crippen LogP contribution in [0.3, 0.4) is 0 Å². The zero-order chi connectivity index (χ0) is 39.2. The Hall–Kier alpha value is -4.30. The van der Waals surface area contributed by atoms with Crippen LogP contribution in [-0.4, -0.2) is 112 Å². The number of methoxy groups -OCH3 is 2. The zero-order valence-electron chi connectivity index (χ0n) is 31.5. The molecule has 4 aliphatic heterocycles. The molecular weight excluding hydrogens is 754 g/mol. The van der Waals surface area contributed by atoms with E-state index in [2.05, 4.69) is 9.80 Å². The predicted octanol–water partition coefficient (Wildman–Crippen LogP) is 7.02. The van der Waals surface area contributed by atoms with Crippen LogP contribution in [0.25, 0.3) is 11.1 Å². The third-order valence-electron chi connectivity index (χ3n) is 10.5. The number of carbonyl (C=O) groups excluding carboxylic acids is 3. The maximum absolute atomic E-state index is 16.0. The lowest BCUT2D eigenvalue weighted by Crippen LogP contribution is -2.57. The van der Waals surface area contributed by atoms with Gasteiger partial charge in [-0.05, 0) is 57.9 Å². The number of carbonyl (C=O) groups is 3. The van der Waals surface area contributed by atoms with Crippen molar-refractivity contribution in [3.63, 3.8) is 0 Å². The molecular formula is C40H45Cl2FN4O8. The normalized spacial score (nSPS) is 20.9. The number of morpholine rings is 1. The molecule has 3 atom stereocenters. The number of ether oxygens (including phenoxy) is 5. The van der Waals surface area contributed by atoms with Gasteiger partial charge >= 0.3 is 12.1 Å². The standard InChI is InChI=1S/C40H45Cl2FN4O8/c1-40(2,3)55-39(50)44-11-12-46(27(18-44)19-51-4)26-13-31(41)35(32(42)14-26)37(48)45-17-23-7-6-8-28(36(23)54-22-45)29-16-34(30(15-33(29)43)38(49)52-5)47-24-9-10-25(47)21-53-20-24/h6-8,13-16,24-25,27H,9-12,17-22H2,1-5H3/t24-,25+,27-/m0/s1. The summed E-state index contributed by atoms with van der Waals surface area (Å²) in [5.74, 6) is -1.21. The number of hydrogen-bond donors (Lipinski definition) is 0. The Kier molecular flexibility index (Phi) is 11.1. The molecule has 294 valence electrons. The smallest absolute Gasteiger partial charge is 0.410 e. The maximum Gasteiger partial charge on any atom is 0.410 e. The molecule has 0 saturated carbocycles. The Balaban J connectivity index is 1.12. The first-order valence-corrected chi connectivity index (χ1v) is 19.1. The molecule has 2 amide bonds. The number of benzene rings is 3. The number of nitrogens with zero attached hydrogens (tertiary/aromatic N) is 4. The summed E-state index contributed by atoms with van der Waals surface area (Å²) in [6.45, 7) is 8.11. The summed E-state index contributed by atoms with van der Waals surface area (Å²) in [5, 5.41) is 0.324. The van der Waals surface area contributed by atoms with E-state index >= 15 is 4.39 Å². The fourth-order valence-electron chi connectivity index (χ4n) is 8.00. The van der Waals surface area contributed by atoms with E-state index in [0.29, 0.717) is 67.7 Å². The molecule has 3 saturated heterocycles. The van der Waals surface area contributed by atoms with Crippen LogP contribution in [0.5, 0.6) is 5.75 Å². The molecule has 4 heterocycles. The number of hydrogen-bond acceptors (Lipinski definition) is 10. The topological polar surface area (TPSA) is 110 Å². The number of fused-ring (bicyclic) bond motifs is 3. The molecule has 4 aliphatic rings. The van der Waals surface area contributed by atoms with Crippen LogP contribution >= 0.6 is 23.2 Å². The number of halogens is 3. The summed E-state index contributed by atoms with van der Waals surface area (Å²) in [6.07, 6.45) is 1.42. The number of piperazine rings is 1. The van der Waals surface area contributed by atoms with Crippen molar-refractivity contribution in [2.75, 3.05) is 70.2 Å². The van der Waals surface area contributed by atoms with Crippen molar-refractivity contribution < 1.29 is 42.5 Å². The second-order valence-corrected chi connectivity index (χ2v) is 16.1. The molecule has 0 aliphatic carbocycles. The summed E-state index contributed by atoms with van der Waals surface area (Å²) in [6, 6.07) is 11.6. The van der Waals surface area contributed by atoms with Crippen LogP contribution in [-0.2, 0) is 25.5 Å². The van der Waals surface area contributed by atoms with E-state index in [1.165, 1.54) is 18.1 Å². The molecule has 15 heteroatoms. The van der Waals surface area contributed by atoms with E-state index in [0.717, 1.165) is 12.8 Å². The minimum Gasteiger partial charge on any atom is -0.472 e. The van der Waals surface area contributed by atoms with Crippen molar-refractivity contribution in [1.29, 1.82) is 0 Å². The quantitative estimate of drug-likeness (QED) is 0.232. The summed E-state index contributed by atoms with van der Waals surface area (Å²) in [7, 11) is 2.88. The highest BCUT2D eigenvalue weighted by Gasteiger charge is 2.40. The molecule has 7 rings (SSSR count). The Labute approximate surface area is 329 Å². The summed E-state index contributed by atoms with van der Waals surface area (Å²) in [4.78, 5) is 47.1. The second-order valence-electron chi connectivity index (χ2n) is 15.3. The lowest BCUT2D eigenvalue weighted by Gasteiger charge is -2.42. The number of para-hydroxylation sites is 1. The highest BCUT2D eigenvalue weighted by molar-refractivity contribution is 6.40. The Bertz CT molecular complexity index is 1950. The van der Waals surface area contributed by atoms with Crippen molar-refractivity contribution in [2.45, 2.75) is 63.9 Å². The fraction of sp³-hybridized carbons (Fsp3) is 0.475. The first-order chi connectivity index (χ1) is 26.3. The van der Waals surface area contributed by atoms with Gasteiger partial charge in [-0.2, -0.15) is 0 Å². The van der Waals surface area contributed by atoms with Crippen LogP contribution in [0.4, 0.5) is 20.6 Å². The van der Waals surface area contributed by atoms with E-state index in [4.69, 9.17) is 46.9 Å². The maximum atomic E-state index is 16.0. The van der Waals surface area contributed by atoms with Crippen LogP contribution in [0, 0.1) is 5.82 Å². The van der Waals surface area contributed by atoms with Crippen LogP contribution < -0.4 is 14.5 Å². The summed E-state index contributed by atoms with van der Waals surface area (Å²) >= 11 is 13.6. The number of amides is 2. The van der Waals surface area contributed by atoms with Crippen molar-refractivity contribution in [1.82, 2.24) is 9.80 Å². The lowest BCUT2D eigenvalue weighted by atomic mass is 9.96. The third-order valence-corrected chi connectivity index (χ3v) is 11.1. The molecule has 0 N–H and O–H groups in total. The van der Waals surface area contributed by atoms with E-state index < -0.39 is 29.4 Å². The molecule has 2 bridgehead atoms. The first kappa shape index (κ1) is 39.0. The van der Waals surface area contributed by atoms with Gasteiger partial charge in [0.2, 0.25) is 0 Å². The van der Waals surface area contributed by atoms with E-state index in [-0.39, 0.29) is 58.1 Å². The summed E-state index contributed by atoms with van der Waals surface area (Å²) in [5.41, 5.74) is 2.37. The number of rotatable bonds is 7. The summed E-state index contributed by atoms with van der Waals surface area (Å²) < 4.78 is 44.1. The molecule has 0 radical (unpaired) electrons. The van der Waals surface area contributed by atoms with Gasteiger partial charge in [-0.15, -0.1) is 0 Å². The van der Waals surface area contributed by atoms with Crippen molar-refractivity contribution in [3.8, 4) is 16.9 Å². The monoisotopic (exact) mass is 798 g/mol. The Morgan fingerprint density at radius 3 is 2.31 bits per heavy atom. The van der Waals surface area contributed by atoms with E-state index in [1.54, 1.807) is 42.3 Å². The fourth-order valence-corrected chi connectivity index (χ4v) is 8.64. The van der Waals surface area contributed by atoms with Crippen LogP contribution in [0.2, 0.25) is 10.0 Å². The number of anilines is 2. The van der Waals surface area contributed by atoms with Crippen molar-refractivity contribution >= 4 is 52.5 Å². The largest absolute Gasteiger partial charge is 0.472 e. The van der Waals surface area contributed by atoms with E-state index in [9.17, 15) is 14.4 Å². The molecule has 3 fully saturated rings. The van der Waals surface area contributed by atoms with Gasteiger partial charge in [0.15, 0.2) is 6.73 Å². The van der Waals surface area contributed by atoms with Gasteiger partial charge in [-0.3, -0.25) is 4.79 Å². The molecule has 3 aromatic carbocycles. The molecule has 0 spiro atoms. The molecule has 0 unspecified atom stereocenters. The SMILES string of the molecule is COC[C@@H]1CN(C(=O)OC(C)(C)C)CCN1c1cc(Cl)c(C(=O)N2COc3c(cccc3-c3cc(N4[C@@H]5CC[C@H]4COC5)c(C(=O)OC)cc3F)C2)c(Cl)c1. The first-order valence-electron chi connectivity index (χ1n) is 18.3. The van der Waals surface area contributed by atoms with Crippen LogP contribution in [0.1, 0.15) is 59.9 Å². The predicted molar refractivity (Wildman–Crippen MR) is 206 cm³/mol. The lowest BCUT2D eigenvalue weighted by molar-refractivity contribution is 0.0186. The average molecular weight is 800 g/mol. The highest BCUT2D eigenvalue weighted by Crippen LogP contribution is 2.44. The van der Waals surface area contributed by atoms with Gasteiger partial charge in [0.25, 0.3) is 5.91 Å². The van der Waals surface area contributed by atoms with Gasteiger partial charge < -0.3 is 43.3 Å². The van der Waals surface area contributed by atoms with E-state index in [1.807, 2.05) is 26.8 Å². The van der Waals surface area contributed by atoms with Gasteiger partial charge in [0, 0.05) is 49.1 Å². The van der Waals surface area contributed by atoms with Gasteiger partial charge in [0.05, 0.1) is 78.5 Å². The van der Waals surface area contributed by atoms with Crippen molar-refractivity contribution in [2.24, 2.45) is 0 Å². The number of esters is 1.